The fourth-order valence-electron chi connectivity index (χ4n) is 10.1. The third kappa shape index (κ3) is 6.12. The van der Waals surface area contributed by atoms with Gasteiger partial charge in [-0.1, -0.05) is 194 Å². The summed E-state index contributed by atoms with van der Waals surface area (Å²) < 4.78 is 2.48. The number of nitrogens with zero attached hydrogens (tertiary/aromatic N) is 3. The van der Waals surface area contributed by atoms with E-state index >= 15 is 0 Å². The van der Waals surface area contributed by atoms with Gasteiger partial charge in [0.1, 0.15) is 0 Å². The Balaban J connectivity index is 1.04. The number of aromatic nitrogens is 3. The summed E-state index contributed by atoms with van der Waals surface area (Å²) in [5.74, 6) is 0.696. The molecule has 0 aliphatic carbocycles. The zero-order valence-electron chi connectivity index (χ0n) is 35.4. The van der Waals surface area contributed by atoms with Crippen molar-refractivity contribution in [2.24, 2.45) is 0 Å². The standard InChI is InChI=1S/C62H39N3/c1-3-15-40(16-4-1)42-29-31-44(32-30-42)61-54-37-47(41-17-5-2-6-18-41)33-35-56(54)63-62(64-61)53-34-36-57(51-25-12-11-24-50(51)53)65-58-28-14-27-52(49-26-13-22-43-19-9-10-23-48(43)49)60(58)55-38-45-20-7-8-21-46(45)39-59(55)65/h1-39H. The number of rotatable bonds is 6. The molecule has 0 fully saturated rings. The number of hydrogen-bond donors (Lipinski definition) is 0. The van der Waals surface area contributed by atoms with E-state index in [0.29, 0.717) is 5.82 Å². The minimum Gasteiger partial charge on any atom is -0.309 e. The first-order chi connectivity index (χ1) is 32.2. The van der Waals surface area contributed by atoms with Crippen LogP contribution in [-0.2, 0) is 0 Å². The highest BCUT2D eigenvalue weighted by molar-refractivity contribution is 6.21. The Morgan fingerprint density at radius 1 is 0.292 bits per heavy atom. The zero-order valence-corrected chi connectivity index (χ0v) is 35.4. The average molecular weight is 826 g/mol. The molecule has 0 bridgehead atoms. The molecule has 0 amide bonds. The van der Waals surface area contributed by atoms with E-state index in [1.165, 1.54) is 60.1 Å². The minimum atomic E-state index is 0.696. The van der Waals surface area contributed by atoms with Crippen LogP contribution >= 0.6 is 0 Å². The summed E-state index contributed by atoms with van der Waals surface area (Å²) in [6, 6.07) is 85.3. The lowest BCUT2D eigenvalue weighted by atomic mass is 9.94. The van der Waals surface area contributed by atoms with Crippen LogP contribution in [0.15, 0.2) is 237 Å². The molecule has 11 aromatic carbocycles. The van der Waals surface area contributed by atoms with E-state index in [-0.39, 0.29) is 0 Å². The second-order valence-electron chi connectivity index (χ2n) is 16.9. The highest BCUT2D eigenvalue weighted by atomic mass is 15.0. The van der Waals surface area contributed by atoms with Crippen molar-refractivity contribution in [3.63, 3.8) is 0 Å². The monoisotopic (exact) mass is 825 g/mol. The van der Waals surface area contributed by atoms with E-state index in [4.69, 9.17) is 9.97 Å². The fourth-order valence-corrected chi connectivity index (χ4v) is 10.1. The van der Waals surface area contributed by atoms with Crippen molar-refractivity contribution in [3.05, 3.63) is 237 Å². The maximum Gasteiger partial charge on any atom is 0.161 e. The van der Waals surface area contributed by atoms with Crippen LogP contribution in [0.1, 0.15) is 0 Å². The molecular formula is C62H39N3. The number of fused-ring (bicyclic) bond motifs is 7. The average Bonchev–Trinajstić information content (AvgIpc) is 3.70. The van der Waals surface area contributed by atoms with Gasteiger partial charge in [-0.05, 0) is 103 Å². The molecule has 0 atom stereocenters. The summed E-state index contributed by atoms with van der Waals surface area (Å²) in [7, 11) is 0. The molecule has 0 unspecified atom stereocenters. The van der Waals surface area contributed by atoms with Gasteiger partial charge < -0.3 is 4.57 Å². The van der Waals surface area contributed by atoms with Crippen molar-refractivity contribution in [2.45, 2.75) is 0 Å². The first-order valence-electron chi connectivity index (χ1n) is 22.2. The molecule has 65 heavy (non-hydrogen) atoms. The van der Waals surface area contributed by atoms with Crippen LogP contribution in [0.5, 0.6) is 0 Å². The topological polar surface area (TPSA) is 30.7 Å². The minimum absolute atomic E-state index is 0.696. The molecule has 13 rings (SSSR count). The third-order valence-electron chi connectivity index (χ3n) is 13.2. The predicted molar refractivity (Wildman–Crippen MR) is 274 cm³/mol. The molecule has 0 saturated heterocycles. The van der Waals surface area contributed by atoms with Crippen LogP contribution in [0.2, 0.25) is 0 Å². The third-order valence-corrected chi connectivity index (χ3v) is 13.2. The van der Waals surface area contributed by atoms with Gasteiger partial charge in [-0.2, -0.15) is 0 Å². The van der Waals surface area contributed by atoms with Crippen molar-refractivity contribution in [1.82, 2.24) is 14.5 Å². The van der Waals surface area contributed by atoms with Crippen molar-refractivity contribution in [2.75, 3.05) is 0 Å². The Kier molecular flexibility index (Phi) is 8.53. The molecule has 3 nitrogen and oxygen atoms in total. The van der Waals surface area contributed by atoms with Gasteiger partial charge in [-0.25, -0.2) is 9.97 Å². The van der Waals surface area contributed by atoms with Crippen LogP contribution in [0, 0.1) is 0 Å². The lowest BCUT2D eigenvalue weighted by molar-refractivity contribution is 1.19. The Morgan fingerprint density at radius 2 is 0.877 bits per heavy atom. The summed E-state index contributed by atoms with van der Waals surface area (Å²) in [6.07, 6.45) is 0. The first kappa shape index (κ1) is 36.9. The molecule has 13 aromatic rings. The maximum atomic E-state index is 5.51. The van der Waals surface area contributed by atoms with Crippen molar-refractivity contribution >= 4 is 65.0 Å². The summed E-state index contributed by atoms with van der Waals surface area (Å²) in [6.45, 7) is 0. The lowest BCUT2D eigenvalue weighted by Crippen LogP contribution is -1.99. The van der Waals surface area contributed by atoms with Gasteiger partial charge in [0.25, 0.3) is 0 Å². The fraction of sp³-hybridized carbons (Fsp3) is 0. The lowest BCUT2D eigenvalue weighted by Gasteiger charge is -2.16. The van der Waals surface area contributed by atoms with Gasteiger partial charge in [0, 0.05) is 32.7 Å². The van der Waals surface area contributed by atoms with E-state index < -0.39 is 0 Å². The second kappa shape index (κ2) is 15.0. The molecular weight excluding hydrogens is 787 g/mol. The zero-order chi connectivity index (χ0) is 42.8. The Hall–Kier alpha value is -8.66. The molecule has 0 radical (unpaired) electrons. The molecule has 2 aromatic heterocycles. The summed E-state index contributed by atoms with van der Waals surface area (Å²) in [4.78, 5) is 10.9. The Bertz CT molecular complexity index is 3970. The van der Waals surface area contributed by atoms with E-state index in [1.54, 1.807) is 0 Å². The van der Waals surface area contributed by atoms with Crippen molar-refractivity contribution < 1.29 is 0 Å². The van der Waals surface area contributed by atoms with Gasteiger partial charge in [-0.15, -0.1) is 0 Å². The van der Waals surface area contributed by atoms with Gasteiger partial charge in [-0.3, -0.25) is 0 Å². The highest BCUT2D eigenvalue weighted by Gasteiger charge is 2.21. The Labute approximate surface area is 376 Å². The van der Waals surface area contributed by atoms with Gasteiger partial charge in [0.2, 0.25) is 0 Å². The maximum absolute atomic E-state index is 5.51. The molecule has 2 heterocycles. The summed E-state index contributed by atoms with van der Waals surface area (Å²) in [5, 5.41) is 10.6. The number of benzene rings is 11. The molecule has 0 aliphatic rings. The largest absolute Gasteiger partial charge is 0.309 e. The Morgan fingerprint density at radius 3 is 1.66 bits per heavy atom. The van der Waals surface area contributed by atoms with Crippen LogP contribution in [-0.4, -0.2) is 14.5 Å². The van der Waals surface area contributed by atoms with Crippen LogP contribution in [0.25, 0.3) is 127 Å². The van der Waals surface area contributed by atoms with Crippen molar-refractivity contribution in [1.29, 1.82) is 0 Å². The molecule has 0 spiro atoms. The molecule has 0 saturated carbocycles. The predicted octanol–water partition coefficient (Wildman–Crippen LogP) is 16.5. The van der Waals surface area contributed by atoms with Crippen LogP contribution < -0.4 is 0 Å². The molecule has 0 N–H and O–H groups in total. The normalized spacial score (nSPS) is 11.7. The summed E-state index contributed by atoms with van der Waals surface area (Å²) >= 11 is 0. The SMILES string of the molecule is c1ccc(-c2ccc(-c3nc(-c4ccc(-n5c6cc7ccccc7cc6c6c(-c7cccc8ccccc78)cccc65)c5ccccc45)nc4ccc(-c5ccccc5)cc34)cc2)cc1. The summed E-state index contributed by atoms with van der Waals surface area (Å²) in [5.41, 5.74) is 14.4. The van der Waals surface area contributed by atoms with E-state index in [0.717, 1.165) is 60.8 Å². The molecule has 302 valence electrons. The highest BCUT2D eigenvalue weighted by Crippen LogP contribution is 2.44. The second-order valence-corrected chi connectivity index (χ2v) is 16.9. The molecule has 3 heteroatoms. The van der Waals surface area contributed by atoms with Crippen LogP contribution in [0.3, 0.4) is 0 Å². The van der Waals surface area contributed by atoms with Gasteiger partial charge in [0.15, 0.2) is 5.82 Å². The van der Waals surface area contributed by atoms with Gasteiger partial charge >= 0.3 is 0 Å². The smallest absolute Gasteiger partial charge is 0.161 e. The quantitative estimate of drug-likeness (QED) is 0.167. The number of hydrogen-bond acceptors (Lipinski definition) is 2. The van der Waals surface area contributed by atoms with E-state index in [9.17, 15) is 0 Å². The van der Waals surface area contributed by atoms with E-state index in [1.807, 2.05) is 0 Å². The molecule has 0 aliphatic heterocycles. The first-order valence-corrected chi connectivity index (χ1v) is 22.2. The van der Waals surface area contributed by atoms with Crippen molar-refractivity contribution in [3.8, 4) is 61.7 Å². The van der Waals surface area contributed by atoms with E-state index in [2.05, 4.69) is 241 Å². The van der Waals surface area contributed by atoms with Gasteiger partial charge in [0.05, 0.1) is 27.9 Å². The van der Waals surface area contributed by atoms with Crippen LogP contribution in [0.4, 0.5) is 0 Å².